The van der Waals surface area contributed by atoms with E-state index in [0.717, 1.165) is 44.6 Å². The van der Waals surface area contributed by atoms with Gasteiger partial charge in [-0.2, -0.15) is 0 Å². The minimum absolute atomic E-state index is 0.448. The normalized spacial score (nSPS) is 13.1. The lowest BCUT2D eigenvalue weighted by atomic mass is 9.70. The molecule has 0 aliphatic heterocycles. The number of rotatable bonds is 5. The zero-order chi connectivity index (χ0) is 37.5. The third-order valence-corrected chi connectivity index (χ3v) is 12.3. The first-order valence-electron chi connectivity index (χ1n) is 19.7. The van der Waals surface area contributed by atoms with Gasteiger partial charge < -0.3 is 9.32 Å². The second-order valence-corrected chi connectivity index (χ2v) is 15.2. The van der Waals surface area contributed by atoms with Crippen LogP contribution in [-0.4, -0.2) is 0 Å². The lowest BCUT2D eigenvalue weighted by Gasteiger charge is -2.32. The number of nitrogens with zero attached hydrogens (tertiary/aromatic N) is 1. The fraction of sp³-hybridized carbons (Fsp3) is 0.0182. The summed E-state index contributed by atoms with van der Waals surface area (Å²) >= 11 is 0. The highest BCUT2D eigenvalue weighted by atomic mass is 16.3. The number of benzene rings is 9. The molecule has 2 nitrogen and oxygen atoms in total. The summed E-state index contributed by atoms with van der Waals surface area (Å²) in [4.78, 5) is 2.44. The Morgan fingerprint density at radius 2 is 0.842 bits per heavy atom. The molecular weight excluding hydrogens is 691 g/mol. The van der Waals surface area contributed by atoms with Crippen molar-refractivity contribution >= 4 is 39.0 Å². The largest absolute Gasteiger partial charge is 0.456 e. The highest BCUT2D eigenvalue weighted by molar-refractivity contribution is 6.14. The van der Waals surface area contributed by atoms with Gasteiger partial charge in [-0.3, -0.25) is 0 Å². The molecule has 1 heterocycles. The molecule has 2 aliphatic carbocycles. The van der Waals surface area contributed by atoms with Crippen molar-refractivity contribution in [2.45, 2.75) is 5.41 Å². The quantitative estimate of drug-likeness (QED) is 0.176. The topological polar surface area (TPSA) is 16.4 Å². The van der Waals surface area contributed by atoms with Crippen LogP contribution in [0, 0.1) is 0 Å². The minimum atomic E-state index is -0.448. The Kier molecular flexibility index (Phi) is 6.88. The minimum Gasteiger partial charge on any atom is -0.456 e. The number of fused-ring (bicyclic) bond motifs is 13. The van der Waals surface area contributed by atoms with Crippen LogP contribution in [0.4, 0.5) is 17.1 Å². The van der Waals surface area contributed by atoms with Crippen LogP contribution in [0.25, 0.3) is 66.4 Å². The number of furan rings is 1. The second kappa shape index (κ2) is 12.3. The summed E-state index contributed by atoms with van der Waals surface area (Å²) in [5.41, 5.74) is 19.7. The molecule has 10 aromatic rings. The maximum absolute atomic E-state index is 6.63. The molecule has 0 radical (unpaired) electrons. The van der Waals surface area contributed by atoms with E-state index in [9.17, 15) is 0 Å². The molecule has 2 heteroatoms. The van der Waals surface area contributed by atoms with Gasteiger partial charge in [0.15, 0.2) is 0 Å². The van der Waals surface area contributed by atoms with E-state index in [-0.39, 0.29) is 0 Å². The molecule has 0 saturated heterocycles. The summed E-state index contributed by atoms with van der Waals surface area (Å²) in [6.45, 7) is 0. The van der Waals surface area contributed by atoms with Crippen molar-refractivity contribution in [3.63, 3.8) is 0 Å². The fourth-order valence-corrected chi connectivity index (χ4v) is 9.89. The third-order valence-electron chi connectivity index (χ3n) is 12.3. The van der Waals surface area contributed by atoms with Crippen molar-refractivity contribution < 1.29 is 4.42 Å². The van der Waals surface area contributed by atoms with Crippen LogP contribution in [0.5, 0.6) is 0 Å². The molecule has 1 aromatic heterocycles. The van der Waals surface area contributed by atoms with E-state index >= 15 is 0 Å². The molecule has 0 unspecified atom stereocenters. The number of hydrogen-bond acceptors (Lipinski definition) is 2. The van der Waals surface area contributed by atoms with Gasteiger partial charge in [0, 0.05) is 16.8 Å². The summed E-state index contributed by atoms with van der Waals surface area (Å²) in [7, 11) is 0. The third kappa shape index (κ3) is 4.59. The van der Waals surface area contributed by atoms with Crippen molar-refractivity contribution in [1.82, 2.24) is 0 Å². The molecule has 12 rings (SSSR count). The van der Waals surface area contributed by atoms with Gasteiger partial charge in [0.05, 0.1) is 16.5 Å². The Balaban J connectivity index is 1.13. The average molecular weight is 726 g/mol. The first-order chi connectivity index (χ1) is 28.3. The molecule has 0 fully saturated rings. The van der Waals surface area contributed by atoms with E-state index in [0.29, 0.717) is 0 Å². The molecule has 1 spiro atoms. The first kappa shape index (κ1) is 31.9. The van der Waals surface area contributed by atoms with E-state index in [1.807, 2.05) is 0 Å². The average Bonchev–Trinajstić information content (AvgIpc) is 3.91. The molecular formula is C55H35NO. The molecule has 0 atom stereocenters. The van der Waals surface area contributed by atoms with Gasteiger partial charge in [0.2, 0.25) is 0 Å². The van der Waals surface area contributed by atoms with Crippen LogP contribution in [0.15, 0.2) is 217 Å². The lowest BCUT2D eigenvalue weighted by Crippen LogP contribution is -2.26. The summed E-state index contributed by atoms with van der Waals surface area (Å²) in [5, 5.41) is 2.18. The second-order valence-electron chi connectivity index (χ2n) is 15.2. The van der Waals surface area contributed by atoms with Gasteiger partial charge in [-0.1, -0.05) is 164 Å². The van der Waals surface area contributed by atoms with Crippen molar-refractivity contribution in [1.29, 1.82) is 0 Å². The molecule has 0 amide bonds. The molecule has 57 heavy (non-hydrogen) atoms. The standard InChI is InChI=1S/C55H35NO/c1-3-14-36(15-4-1)38-26-29-40(30-27-38)56(51-24-13-25-53-54(51)46-34-39(28-33-52(46)57-53)37-16-5-2-6-17-37)41-31-32-45-44-20-9-12-23-49(44)55(50(45)35-41)47-21-10-7-18-42(47)43-19-8-11-22-48(43)55/h1-35H. The van der Waals surface area contributed by atoms with E-state index in [1.165, 1.54) is 61.2 Å². The lowest BCUT2D eigenvalue weighted by molar-refractivity contribution is 0.669. The summed E-state index contributed by atoms with van der Waals surface area (Å²) in [6, 6.07) is 77.4. The zero-order valence-electron chi connectivity index (χ0n) is 31.1. The van der Waals surface area contributed by atoms with E-state index in [4.69, 9.17) is 4.42 Å². The van der Waals surface area contributed by atoms with Gasteiger partial charge in [-0.25, -0.2) is 0 Å². The predicted molar refractivity (Wildman–Crippen MR) is 236 cm³/mol. The fourth-order valence-electron chi connectivity index (χ4n) is 9.89. The van der Waals surface area contributed by atoms with Crippen LogP contribution in [0.3, 0.4) is 0 Å². The van der Waals surface area contributed by atoms with Crippen LogP contribution < -0.4 is 4.90 Å². The smallest absolute Gasteiger partial charge is 0.137 e. The summed E-state index contributed by atoms with van der Waals surface area (Å²) in [6.07, 6.45) is 0. The maximum Gasteiger partial charge on any atom is 0.137 e. The predicted octanol–water partition coefficient (Wildman–Crippen LogP) is 14.7. The molecule has 2 aliphatic rings. The van der Waals surface area contributed by atoms with E-state index in [1.54, 1.807) is 0 Å². The van der Waals surface area contributed by atoms with Crippen LogP contribution in [0.2, 0.25) is 0 Å². The van der Waals surface area contributed by atoms with Crippen LogP contribution in [-0.2, 0) is 5.41 Å². The Morgan fingerprint density at radius 3 is 1.47 bits per heavy atom. The van der Waals surface area contributed by atoms with E-state index in [2.05, 4.69) is 217 Å². The van der Waals surface area contributed by atoms with Crippen molar-refractivity contribution in [2.24, 2.45) is 0 Å². The molecule has 9 aromatic carbocycles. The van der Waals surface area contributed by atoms with Crippen molar-refractivity contribution in [2.75, 3.05) is 4.90 Å². The monoisotopic (exact) mass is 725 g/mol. The number of anilines is 3. The highest BCUT2D eigenvalue weighted by Crippen LogP contribution is 2.63. The van der Waals surface area contributed by atoms with Gasteiger partial charge in [0.25, 0.3) is 0 Å². The summed E-state index contributed by atoms with van der Waals surface area (Å²) < 4.78 is 6.63. The summed E-state index contributed by atoms with van der Waals surface area (Å²) in [5.74, 6) is 0. The van der Waals surface area contributed by atoms with Crippen LogP contribution in [0.1, 0.15) is 22.3 Å². The van der Waals surface area contributed by atoms with Crippen molar-refractivity contribution in [3.8, 4) is 44.5 Å². The van der Waals surface area contributed by atoms with Gasteiger partial charge in [-0.05, 0) is 115 Å². The van der Waals surface area contributed by atoms with Gasteiger partial charge in [0.1, 0.15) is 11.2 Å². The Hall–Kier alpha value is -7.42. The highest BCUT2D eigenvalue weighted by Gasteiger charge is 2.51. The van der Waals surface area contributed by atoms with Gasteiger partial charge in [-0.15, -0.1) is 0 Å². The molecule has 0 saturated carbocycles. The maximum atomic E-state index is 6.63. The molecule has 266 valence electrons. The Bertz CT molecular complexity index is 3110. The Labute approximate surface area is 331 Å². The first-order valence-corrected chi connectivity index (χ1v) is 19.7. The number of hydrogen-bond donors (Lipinski definition) is 0. The van der Waals surface area contributed by atoms with E-state index < -0.39 is 5.41 Å². The van der Waals surface area contributed by atoms with Crippen molar-refractivity contribution in [3.05, 3.63) is 235 Å². The zero-order valence-corrected chi connectivity index (χ0v) is 31.1. The van der Waals surface area contributed by atoms with Gasteiger partial charge >= 0.3 is 0 Å². The molecule has 0 bridgehead atoms. The SMILES string of the molecule is c1ccc(-c2ccc(N(c3ccc4c(c3)C3(c5ccccc5-c5ccccc53)c3ccccc3-4)c3cccc4oc5ccc(-c6ccccc6)cc5c34)cc2)cc1. The van der Waals surface area contributed by atoms with Crippen LogP contribution >= 0.6 is 0 Å². The molecule has 0 N–H and O–H groups in total. The Morgan fingerprint density at radius 1 is 0.333 bits per heavy atom.